The van der Waals surface area contributed by atoms with Crippen LogP contribution in [0.1, 0.15) is 22.3 Å². The largest absolute Gasteiger partial charge is 0.508 e. The first kappa shape index (κ1) is 16.9. The summed E-state index contributed by atoms with van der Waals surface area (Å²) >= 11 is 0. The Balaban J connectivity index is 2.18. The van der Waals surface area contributed by atoms with Crippen LogP contribution < -0.4 is 0 Å². The highest BCUT2D eigenvalue weighted by Gasteiger charge is 2.40. The molecule has 0 spiro atoms. The van der Waals surface area contributed by atoms with Crippen LogP contribution in [0.4, 0.5) is 0 Å². The number of benzene rings is 4. The molecular formula is C25H20O2. The van der Waals surface area contributed by atoms with Crippen LogP contribution in [0.2, 0.25) is 0 Å². The smallest absolute Gasteiger partial charge is 0.120 e. The molecule has 4 aromatic rings. The van der Waals surface area contributed by atoms with Gasteiger partial charge in [0.1, 0.15) is 11.5 Å². The zero-order valence-corrected chi connectivity index (χ0v) is 14.8. The summed E-state index contributed by atoms with van der Waals surface area (Å²) in [5.74, 6) is 0.263. The Morgan fingerprint density at radius 2 is 0.889 bits per heavy atom. The molecule has 4 rings (SSSR count). The Bertz CT molecular complexity index is 929. The lowest BCUT2D eigenvalue weighted by molar-refractivity contribution is 0.447. The fraction of sp³-hybridized carbons (Fsp3) is 0.0400. The first-order valence-corrected chi connectivity index (χ1v) is 8.92. The number of phenols is 2. The lowest BCUT2D eigenvalue weighted by Gasteiger charge is -2.37. The molecule has 0 saturated carbocycles. The maximum Gasteiger partial charge on any atom is 0.120 e. The minimum absolute atomic E-state index is 0.120. The van der Waals surface area contributed by atoms with Crippen LogP contribution in [0, 0.1) is 0 Å². The van der Waals surface area contributed by atoms with Crippen LogP contribution in [0.5, 0.6) is 11.5 Å². The van der Waals surface area contributed by atoms with Crippen LogP contribution in [-0.4, -0.2) is 10.2 Å². The van der Waals surface area contributed by atoms with Crippen molar-refractivity contribution in [1.29, 1.82) is 0 Å². The topological polar surface area (TPSA) is 40.5 Å². The highest BCUT2D eigenvalue weighted by molar-refractivity contribution is 5.63. The zero-order chi connectivity index (χ0) is 18.7. The predicted molar refractivity (Wildman–Crippen MR) is 108 cm³/mol. The van der Waals surface area contributed by atoms with E-state index < -0.39 is 5.41 Å². The average molecular weight is 352 g/mol. The lowest BCUT2D eigenvalue weighted by Crippen LogP contribution is -2.31. The van der Waals surface area contributed by atoms with Crippen molar-refractivity contribution in [3.63, 3.8) is 0 Å². The van der Waals surface area contributed by atoms with E-state index in [1.54, 1.807) is 12.1 Å². The molecule has 27 heavy (non-hydrogen) atoms. The predicted octanol–water partition coefficient (Wildman–Crippen LogP) is 5.48. The van der Waals surface area contributed by atoms with Crippen molar-refractivity contribution in [3.05, 3.63) is 131 Å². The second-order valence-electron chi connectivity index (χ2n) is 6.55. The second-order valence-corrected chi connectivity index (χ2v) is 6.55. The quantitative estimate of drug-likeness (QED) is 0.377. The number of hydrogen-bond donors (Lipinski definition) is 2. The van der Waals surface area contributed by atoms with Gasteiger partial charge in [0.05, 0.1) is 5.41 Å². The first-order valence-electron chi connectivity index (χ1n) is 8.92. The fourth-order valence-corrected chi connectivity index (χ4v) is 3.86. The molecule has 0 saturated heterocycles. The van der Waals surface area contributed by atoms with Gasteiger partial charge in [-0.05, 0) is 34.9 Å². The van der Waals surface area contributed by atoms with Crippen LogP contribution in [0.25, 0.3) is 0 Å². The van der Waals surface area contributed by atoms with E-state index in [-0.39, 0.29) is 11.5 Å². The summed E-state index contributed by atoms with van der Waals surface area (Å²) in [6.07, 6.45) is 0. The summed E-state index contributed by atoms with van der Waals surface area (Å²) in [7, 11) is 0. The van der Waals surface area contributed by atoms with Crippen molar-refractivity contribution < 1.29 is 10.2 Å². The molecule has 0 aliphatic carbocycles. The number of hydrogen-bond acceptors (Lipinski definition) is 2. The molecule has 0 fully saturated rings. The van der Waals surface area contributed by atoms with E-state index in [0.29, 0.717) is 5.56 Å². The molecule has 2 N–H and O–H groups in total. The lowest BCUT2D eigenvalue weighted by atomic mass is 9.65. The molecule has 4 aromatic carbocycles. The van der Waals surface area contributed by atoms with Gasteiger partial charge in [0.25, 0.3) is 0 Å². The monoisotopic (exact) mass is 352 g/mol. The molecule has 0 unspecified atom stereocenters. The van der Waals surface area contributed by atoms with E-state index in [9.17, 15) is 10.2 Å². The van der Waals surface area contributed by atoms with Crippen molar-refractivity contribution >= 4 is 0 Å². The van der Waals surface area contributed by atoms with Gasteiger partial charge in [-0.3, -0.25) is 0 Å². The number of phenolic OH excluding ortho intramolecular Hbond substituents is 2. The first-order chi connectivity index (χ1) is 13.2. The van der Waals surface area contributed by atoms with Crippen LogP contribution in [0.15, 0.2) is 109 Å². The van der Waals surface area contributed by atoms with Gasteiger partial charge in [-0.25, -0.2) is 0 Å². The Morgan fingerprint density at radius 1 is 0.481 bits per heavy atom. The van der Waals surface area contributed by atoms with E-state index in [0.717, 1.165) is 16.7 Å². The molecule has 0 radical (unpaired) electrons. The Labute approximate surface area is 159 Å². The van der Waals surface area contributed by atoms with E-state index in [2.05, 4.69) is 36.4 Å². The van der Waals surface area contributed by atoms with Gasteiger partial charge in [-0.1, -0.05) is 91.0 Å². The van der Waals surface area contributed by atoms with Gasteiger partial charge in [0.15, 0.2) is 0 Å². The van der Waals surface area contributed by atoms with Gasteiger partial charge in [0, 0.05) is 5.56 Å². The minimum Gasteiger partial charge on any atom is -0.508 e. The molecule has 0 amide bonds. The number of rotatable bonds is 4. The van der Waals surface area contributed by atoms with E-state index in [1.807, 2.05) is 54.6 Å². The van der Waals surface area contributed by atoms with Crippen molar-refractivity contribution in [2.24, 2.45) is 0 Å². The fourth-order valence-electron chi connectivity index (χ4n) is 3.86. The standard InChI is InChI=1S/C25H20O2/c26-22-16-17-24(27)23(18-22)25(19-10-4-1-5-11-19,20-12-6-2-7-13-20)21-14-8-3-9-15-21/h1-18,26-27H. The van der Waals surface area contributed by atoms with Gasteiger partial charge in [0.2, 0.25) is 0 Å². The summed E-state index contributed by atoms with van der Waals surface area (Å²) in [4.78, 5) is 0. The summed E-state index contributed by atoms with van der Waals surface area (Å²) in [6, 6.07) is 35.0. The van der Waals surface area contributed by atoms with Crippen molar-refractivity contribution in [1.82, 2.24) is 0 Å². The molecule has 0 aliphatic heterocycles. The zero-order valence-electron chi connectivity index (χ0n) is 14.8. The van der Waals surface area contributed by atoms with E-state index in [1.165, 1.54) is 6.07 Å². The minimum atomic E-state index is -0.757. The van der Waals surface area contributed by atoms with Crippen LogP contribution in [0.3, 0.4) is 0 Å². The SMILES string of the molecule is Oc1ccc(O)c(C(c2ccccc2)(c2ccccc2)c2ccccc2)c1. The van der Waals surface area contributed by atoms with Crippen molar-refractivity contribution in [2.75, 3.05) is 0 Å². The summed E-state index contributed by atoms with van der Waals surface area (Å²) in [5.41, 5.74) is 2.94. The summed E-state index contributed by atoms with van der Waals surface area (Å²) < 4.78 is 0. The van der Waals surface area contributed by atoms with Gasteiger partial charge < -0.3 is 10.2 Å². The van der Waals surface area contributed by atoms with Gasteiger partial charge in [-0.2, -0.15) is 0 Å². The van der Waals surface area contributed by atoms with Crippen molar-refractivity contribution in [2.45, 2.75) is 5.41 Å². The Kier molecular flexibility index (Phi) is 4.39. The molecule has 2 heteroatoms. The highest BCUT2D eigenvalue weighted by Crippen LogP contribution is 2.48. The average Bonchev–Trinajstić information content (AvgIpc) is 2.73. The molecule has 132 valence electrons. The Hall–Kier alpha value is -3.52. The molecular weight excluding hydrogens is 332 g/mol. The van der Waals surface area contributed by atoms with Crippen LogP contribution in [-0.2, 0) is 5.41 Å². The normalized spacial score (nSPS) is 11.3. The maximum atomic E-state index is 10.8. The summed E-state index contributed by atoms with van der Waals surface area (Å²) in [6.45, 7) is 0. The molecule has 0 bridgehead atoms. The maximum absolute atomic E-state index is 10.8. The molecule has 0 atom stereocenters. The third-order valence-electron chi connectivity index (χ3n) is 5.00. The Morgan fingerprint density at radius 3 is 1.30 bits per heavy atom. The van der Waals surface area contributed by atoms with Crippen molar-refractivity contribution in [3.8, 4) is 11.5 Å². The third-order valence-corrected chi connectivity index (χ3v) is 5.00. The van der Waals surface area contributed by atoms with Crippen LogP contribution >= 0.6 is 0 Å². The molecule has 0 aliphatic rings. The number of aromatic hydroxyl groups is 2. The van der Waals surface area contributed by atoms with Gasteiger partial charge in [-0.15, -0.1) is 0 Å². The molecule has 0 heterocycles. The van der Waals surface area contributed by atoms with E-state index in [4.69, 9.17) is 0 Å². The van der Waals surface area contributed by atoms with Gasteiger partial charge >= 0.3 is 0 Å². The third kappa shape index (κ3) is 2.85. The molecule has 0 aromatic heterocycles. The molecule has 2 nitrogen and oxygen atoms in total. The summed E-state index contributed by atoms with van der Waals surface area (Å²) in [5, 5.41) is 21.1. The van der Waals surface area contributed by atoms with E-state index >= 15 is 0 Å². The second kappa shape index (κ2) is 7.00. The highest BCUT2D eigenvalue weighted by atomic mass is 16.3.